The SMILES string of the molecule is CCOC(=O)C(C)NC(=O)CNC(=O)C(Cc1ccccc1)NC(=O)C(Cc1c[nH]cn1)NC(=O)C(CCCNC(=N)N)NC(=O)C(CC(C)C)NC(=O)C(CCC(N)=O)NC(=O)C(C)NC(=O)C(CO)NC(=O)CN(C(=O)CN(Cc1ccccc1)C(=O)CN(CCOC)C(C)=O)c1ccccc1. The Labute approximate surface area is 602 Å². The van der Waals surface area contributed by atoms with E-state index in [1.54, 1.807) is 99.6 Å². The van der Waals surface area contributed by atoms with E-state index in [-0.39, 0.29) is 82.3 Å². The monoisotopic (exact) mass is 1450 g/mol. The Balaban J connectivity index is 1.53. The number of esters is 1. The molecule has 0 saturated carbocycles. The van der Waals surface area contributed by atoms with Crippen molar-refractivity contribution >= 4 is 94.4 Å². The Bertz CT molecular complexity index is 3520. The number of imidazole rings is 1. The second-order valence-electron chi connectivity index (χ2n) is 24.7. The molecule has 0 aliphatic rings. The van der Waals surface area contributed by atoms with Gasteiger partial charge in [-0.1, -0.05) is 92.7 Å². The minimum Gasteiger partial charge on any atom is -0.464 e. The average molecular weight is 1450 g/mol. The molecule has 17 N–H and O–H groups in total. The highest BCUT2D eigenvalue weighted by atomic mass is 16.5. The Morgan fingerprint density at radius 3 is 1.70 bits per heavy atom. The number of methoxy groups -OCH3 is 1. The molecule has 13 amide bonds. The van der Waals surface area contributed by atoms with E-state index in [1.165, 1.54) is 62.3 Å². The fraction of sp³-hybridized carbons (Fsp3) is 0.478. The number of aliphatic hydroxyl groups excluding tert-OH is 1. The highest BCUT2D eigenvalue weighted by Crippen LogP contribution is 2.17. The lowest BCUT2D eigenvalue weighted by molar-refractivity contribution is -0.146. The maximum Gasteiger partial charge on any atom is 0.328 e. The summed E-state index contributed by atoms with van der Waals surface area (Å²) in [5, 5.41) is 43.4. The fourth-order valence-corrected chi connectivity index (χ4v) is 10.2. The first-order valence-corrected chi connectivity index (χ1v) is 33.8. The van der Waals surface area contributed by atoms with Crippen molar-refractivity contribution in [2.45, 2.75) is 141 Å². The lowest BCUT2D eigenvalue weighted by atomic mass is 10.0. The summed E-state index contributed by atoms with van der Waals surface area (Å²) in [4.78, 5) is 202. The van der Waals surface area contributed by atoms with Gasteiger partial charge in [0.15, 0.2) is 5.96 Å². The maximum atomic E-state index is 14.6. The predicted molar refractivity (Wildman–Crippen MR) is 378 cm³/mol. The van der Waals surface area contributed by atoms with E-state index in [0.717, 1.165) is 4.90 Å². The summed E-state index contributed by atoms with van der Waals surface area (Å²) in [6, 6.07) is 13.4. The van der Waals surface area contributed by atoms with Crippen molar-refractivity contribution in [2.24, 2.45) is 17.4 Å². The summed E-state index contributed by atoms with van der Waals surface area (Å²) in [5.74, 6) is -12.5. The number of nitrogens with one attached hydrogen (secondary N) is 12. The van der Waals surface area contributed by atoms with Crippen LogP contribution in [0.2, 0.25) is 0 Å². The predicted octanol–water partition coefficient (Wildman–Crippen LogP) is -3.08. The van der Waals surface area contributed by atoms with E-state index in [9.17, 15) is 72.2 Å². The molecule has 0 bridgehead atoms. The molecule has 0 saturated heterocycles. The van der Waals surface area contributed by atoms with Crippen LogP contribution in [0, 0.1) is 11.3 Å². The third-order valence-corrected chi connectivity index (χ3v) is 15.7. The van der Waals surface area contributed by atoms with Crippen molar-refractivity contribution < 1.29 is 81.7 Å². The molecule has 0 aliphatic heterocycles. The molecule has 104 heavy (non-hydrogen) atoms. The van der Waals surface area contributed by atoms with Gasteiger partial charge in [0.25, 0.3) is 0 Å². The van der Waals surface area contributed by atoms with Crippen molar-refractivity contribution in [3.05, 3.63) is 120 Å². The zero-order valence-corrected chi connectivity index (χ0v) is 59.5. The smallest absolute Gasteiger partial charge is 0.328 e. The van der Waals surface area contributed by atoms with Gasteiger partial charge in [0.1, 0.15) is 61.4 Å². The topological polar surface area (TPSA) is 512 Å². The lowest BCUT2D eigenvalue weighted by Crippen LogP contribution is -2.60. The van der Waals surface area contributed by atoms with E-state index in [1.807, 2.05) is 0 Å². The number of hydrogen-bond donors (Lipinski definition) is 15. The number of H-pyrrole nitrogens is 1. The van der Waals surface area contributed by atoms with Gasteiger partial charge in [-0.15, -0.1) is 0 Å². The number of anilines is 1. The maximum absolute atomic E-state index is 14.6. The molecular formula is C69H98N18O17. The number of amides is 13. The van der Waals surface area contributed by atoms with Crippen LogP contribution in [0.25, 0.3) is 0 Å². The number of para-hydroxylation sites is 1. The number of nitrogens with zero attached hydrogens (tertiary/aromatic N) is 4. The zero-order valence-electron chi connectivity index (χ0n) is 59.5. The molecule has 0 radical (unpaired) electrons. The van der Waals surface area contributed by atoms with Gasteiger partial charge in [-0.2, -0.15) is 0 Å². The first kappa shape index (κ1) is 85.1. The summed E-state index contributed by atoms with van der Waals surface area (Å²) in [6.07, 6.45) is 1.32. The molecule has 1 heterocycles. The first-order chi connectivity index (χ1) is 49.5. The average Bonchev–Trinajstić information content (AvgIpc) is 1.13. The van der Waals surface area contributed by atoms with Crippen LogP contribution < -0.4 is 69.5 Å². The highest BCUT2D eigenvalue weighted by molar-refractivity contribution is 6.03. The van der Waals surface area contributed by atoms with Gasteiger partial charge in [-0.25, -0.2) is 9.78 Å². The zero-order chi connectivity index (χ0) is 76.8. The van der Waals surface area contributed by atoms with Crippen LogP contribution in [0.1, 0.15) is 90.5 Å². The minimum absolute atomic E-state index is 0.0297. The second kappa shape index (κ2) is 44.8. The van der Waals surface area contributed by atoms with Gasteiger partial charge in [0.2, 0.25) is 76.8 Å². The largest absolute Gasteiger partial charge is 0.464 e. The summed E-state index contributed by atoms with van der Waals surface area (Å²) in [7, 11) is 1.44. The van der Waals surface area contributed by atoms with Crippen LogP contribution >= 0.6 is 0 Å². The number of ether oxygens (including phenoxy) is 2. The van der Waals surface area contributed by atoms with Crippen LogP contribution in [-0.4, -0.2) is 228 Å². The normalized spacial score (nSPS) is 13.2. The van der Waals surface area contributed by atoms with E-state index in [4.69, 9.17) is 26.4 Å². The van der Waals surface area contributed by atoms with Gasteiger partial charge in [0, 0.05) is 64.8 Å². The van der Waals surface area contributed by atoms with Gasteiger partial charge < -0.3 is 98.9 Å². The molecule has 1 aromatic heterocycles. The summed E-state index contributed by atoms with van der Waals surface area (Å²) >= 11 is 0. The van der Waals surface area contributed by atoms with E-state index < -0.39 is 183 Å². The number of aliphatic hydroxyl groups is 1. The molecule has 0 spiro atoms. The Kier molecular flexibility index (Phi) is 36.6. The molecule has 3 aromatic carbocycles. The number of aromatic nitrogens is 2. The first-order valence-electron chi connectivity index (χ1n) is 33.8. The molecular weight excluding hydrogens is 1350 g/mol. The number of guanidine groups is 1. The van der Waals surface area contributed by atoms with E-state index in [0.29, 0.717) is 11.1 Å². The molecule has 35 heteroatoms. The quantitative estimate of drug-likeness (QED) is 0.00903. The van der Waals surface area contributed by atoms with Crippen molar-refractivity contribution in [2.75, 3.05) is 71.1 Å². The molecule has 4 rings (SSSR count). The number of carbonyl (C=O) groups excluding carboxylic acids is 14. The number of benzene rings is 3. The van der Waals surface area contributed by atoms with Crippen molar-refractivity contribution in [1.29, 1.82) is 5.41 Å². The molecule has 0 aliphatic carbocycles. The van der Waals surface area contributed by atoms with Crippen LogP contribution in [-0.2, 0) is 96.0 Å². The third-order valence-electron chi connectivity index (χ3n) is 15.7. The number of hydrogen-bond acceptors (Lipinski definition) is 19. The summed E-state index contributed by atoms with van der Waals surface area (Å²) in [6.45, 7) is 5.83. The van der Waals surface area contributed by atoms with E-state index in [2.05, 4.69) is 63.1 Å². The van der Waals surface area contributed by atoms with Crippen LogP contribution in [0.5, 0.6) is 0 Å². The standard InChI is InChI=1S/C69H98N18O17/c1-8-104-68(102)44(5)77-57(91)35-75-62(96)53(32-46-19-12-9-13-20-46)83-66(100)54(33-48-34-73-41-76-48)84-63(97)50(25-18-28-74-69(71)72)81-65(99)52(31-42(2)3)82-64(98)51(26-27-56(70)90)80-61(95)43(4)78-67(101)55(40-88)79-58(92)37-87(49-23-16-11-17-24-49)60(94)39-86(36-47-21-14-10-15-22-47)59(93)38-85(45(6)89)29-30-103-7/h9-17,19-24,34,41-44,50-55,88H,8,18,25-33,35-40H2,1-7H3,(H2,70,90)(H,73,76)(H,75,96)(H,77,91)(H,78,101)(H,79,92)(H,80,95)(H,81,99)(H,82,98)(H,83,100)(H,84,97)(H4,71,72,74). The van der Waals surface area contributed by atoms with E-state index >= 15 is 0 Å². The fourth-order valence-electron chi connectivity index (χ4n) is 10.2. The van der Waals surface area contributed by atoms with Gasteiger partial charge >= 0.3 is 5.97 Å². The van der Waals surface area contributed by atoms with Crippen molar-refractivity contribution in [3.8, 4) is 0 Å². The Morgan fingerprint density at radius 1 is 0.587 bits per heavy atom. The number of nitrogens with two attached hydrogens (primary N) is 2. The molecule has 4 aromatic rings. The second-order valence-corrected chi connectivity index (χ2v) is 24.7. The van der Waals surface area contributed by atoms with Gasteiger partial charge in [-0.05, 0) is 75.6 Å². The molecule has 566 valence electrons. The number of rotatable bonds is 45. The third kappa shape index (κ3) is 30.9. The van der Waals surface area contributed by atoms with Crippen LogP contribution in [0.15, 0.2) is 104 Å². The van der Waals surface area contributed by atoms with Crippen LogP contribution in [0.4, 0.5) is 5.69 Å². The lowest BCUT2D eigenvalue weighted by Gasteiger charge is -2.30. The minimum atomic E-state index is -1.74. The number of primary amides is 1. The Morgan fingerprint density at radius 2 is 1.13 bits per heavy atom. The number of carbonyl (C=O) groups is 14. The molecule has 35 nitrogen and oxygen atoms in total. The van der Waals surface area contributed by atoms with Gasteiger partial charge in [-0.3, -0.25) is 67.7 Å². The number of aromatic amines is 1. The Hall–Kier alpha value is -11.4. The van der Waals surface area contributed by atoms with Crippen LogP contribution in [0.3, 0.4) is 0 Å². The van der Waals surface area contributed by atoms with Crippen molar-refractivity contribution in [3.63, 3.8) is 0 Å². The molecule has 0 fully saturated rings. The molecule has 8 atom stereocenters. The summed E-state index contributed by atoms with van der Waals surface area (Å²) < 4.78 is 10.0. The highest BCUT2D eigenvalue weighted by Gasteiger charge is 2.36. The van der Waals surface area contributed by atoms with Gasteiger partial charge in [0.05, 0.1) is 44.9 Å². The van der Waals surface area contributed by atoms with Crippen molar-refractivity contribution in [1.82, 2.24) is 72.9 Å². The summed E-state index contributed by atoms with van der Waals surface area (Å²) in [5.41, 5.74) is 12.8. The molecule has 8 unspecified atom stereocenters.